The van der Waals surface area contributed by atoms with Crippen LogP contribution in [0.4, 0.5) is 0 Å². The molecule has 1 saturated carbocycles. The highest BCUT2D eigenvalue weighted by molar-refractivity contribution is 7.91. The summed E-state index contributed by atoms with van der Waals surface area (Å²) in [6.45, 7) is -0.432. The van der Waals surface area contributed by atoms with Crippen molar-refractivity contribution in [2.75, 3.05) is 18.1 Å². The molecule has 3 heterocycles. The number of aromatic nitrogens is 1. The minimum absolute atomic E-state index is 0.0134. The molecule has 3 aromatic rings. The van der Waals surface area contributed by atoms with E-state index in [2.05, 4.69) is 4.98 Å². The van der Waals surface area contributed by atoms with Gasteiger partial charge in [0.1, 0.15) is 5.69 Å². The Bertz CT molecular complexity index is 1330. The number of fused-ring (bicyclic) bond motifs is 1. The monoisotopic (exact) mass is 496 g/mol. The zero-order valence-electron chi connectivity index (χ0n) is 19.4. The topological polar surface area (TPSA) is 107 Å². The van der Waals surface area contributed by atoms with E-state index < -0.39 is 22.4 Å². The number of esters is 1. The molecule has 0 spiro atoms. The summed E-state index contributed by atoms with van der Waals surface area (Å²) in [5, 5.41) is 0.617. The Morgan fingerprint density at radius 2 is 1.83 bits per heavy atom. The first-order valence-corrected chi connectivity index (χ1v) is 13.9. The summed E-state index contributed by atoms with van der Waals surface area (Å²) in [6.07, 6.45) is 6.78. The predicted octanol–water partition coefficient (Wildman–Crippen LogP) is 4.00. The number of amides is 1. The fourth-order valence-corrected chi connectivity index (χ4v) is 6.95. The Kier molecular flexibility index (Phi) is 6.60. The average molecular weight is 497 g/mol. The molecule has 1 atom stereocenters. The van der Waals surface area contributed by atoms with Gasteiger partial charge in [-0.2, -0.15) is 0 Å². The second kappa shape index (κ2) is 9.81. The molecule has 2 aliphatic rings. The van der Waals surface area contributed by atoms with Gasteiger partial charge in [0.25, 0.3) is 5.91 Å². The molecular weight excluding hydrogens is 468 g/mol. The van der Waals surface area contributed by atoms with Crippen molar-refractivity contribution in [2.45, 2.75) is 50.6 Å². The van der Waals surface area contributed by atoms with E-state index in [9.17, 15) is 18.0 Å². The molecule has 8 nitrogen and oxygen atoms in total. The van der Waals surface area contributed by atoms with Crippen LogP contribution in [0.5, 0.6) is 0 Å². The molecule has 1 aliphatic heterocycles. The van der Waals surface area contributed by atoms with Crippen molar-refractivity contribution in [1.29, 1.82) is 0 Å². The molecule has 5 rings (SSSR count). The molecule has 1 aliphatic carbocycles. The number of hydrogen-bond acceptors (Lipinski definition) is 7. The smallest absolute Gasteiger partial charge is 0.339 e. The van der Waals surface area contributed by atoms with E-state index in [0.29, 0.717) is 34.3 Å². The van der Waals surface area contributed by atoms with E-state index in [1.807, 2.05) is 12.1 Å². The number of ether oxygens (including phenoxy) is 1. The van der Waals surface area contributed by atoms with Crippen LogP contribution >= 0.6 is 0 Å². The summed E-state index contributed by atoms with van der Waals surface area (Å²) >= 11 is 0. The van der Waals surface area contributed by atoms with Gasteiger partial charge in [0, 0.05) is 17.5 Å². The Morgan fingerprint density at radius 1 is 1.03 bits per heavy atom. The second-order valence-corrected chi connectivity index (χ2v) is 11.5. The van der Waals surface area contributed by atoms with E-state index >= 15 is 0 Å². The van der Waals surface area contributed by atoms with Crippen LogP contribution in [0.1, 0.15) is 48.9 Å². The van der Waals surface area contributed by atoms with Crippen LogP contribution in [0.2, 0.25) is 0 Å². The number of para-hydroxylation sites is 1. The van der Waals surface area contributed by atoms with E-state index in [4.69, 9.17) is 9.15 Å². The largest absolute Gasteiger partial charge is 0.463 e. The van der Waals surface area contributed by atoms with Crippen molar-refractivity contribution in [3.05, 3.63) is 54.3 Å². The summed E-state index contributed by atoms with van der Waals surface area (Å²) < 4.78 is 35.2. The predicted molar refractivity (Wildman–Crippen MR) is 131 cm³/mol. The van der Waals surface area contributed by atoms with Crippen LogP contribution < -0.4 is 0 Å². The van der Waals surface area contributed by atoms with Crippen LogP contribution in [0.25, 0.3) is 22.4 Å². The maximum atomic E-state index is 13.3. The van der Waals surface area contributed by atoms with Crippen molar-refractivity contribution in [2.24, 2.45) is 0 Å². The fraction of sp³-hybridized carbons (Fsp3) is 0.423. The number of carbonyl (C=O) groups is 2. The average Bonchev–Trinajstić information content (AvgIpc) is 3.52. The number of rotatable bonds is 6. The van der Waals surface area contributed by atoms with Gasteiger partial charge >= 0.3 is 5.97 Å². The van der Waals surface area contributed by atoms with Crippen LogP contribution in [0.15, 0.2) is 53.1 Å². The molecule has 1 unspecified atom stereocenters. The molecule has 2 fully saturated rings. The van der Waals surface area contributed by atoms with Crippen molar-refractivity contribution >= 4 is 32.6 Å². The fourth-order valence-electron chi connectivity index (χ4n) is 5.23. The van der Waals surface area contributed by atoms with Crippen molar-refractivity contribution in [1.82, 2.24) is 9.88 Å². The third-order valence-electron chi connectivity index (χ3n) is 6.89. The molecule has 35 heavy (non-hydrogen) atoms. The van der Waals surface area contributed by atoms with Crippen LogP contribution in [-0.4, -0.2) is 60.4 Å². The van der Waals surface area contributed by atoms with Crippen LogP contribution in [0.3, 0.4) is 0 Å². The lowest BCUT2D eigenvalue weighted by atomic mass is 9.93. The molecule has 0 radical (unpaired) electrons. The van der Waals surface area contributed by atoms with Gasteiger partial charge in [-0.3, -0.25) is 4.79 Å². The van der Waals surface area contributed by atoms with Crippen molar-refractivity contribution in [3.63, 3.8) is 0 Å². The molecule has 184 valence electrons. The Hall–Kier alpha value is -3.20. The quantitative estimate of drug-likeness (QED) is 0.475. The second-order valence-electron chi connectivity index (χ2n) is 9.28. The van der Waals surface area contributed by atoms with Gasteiger partial charge in [-0.15, -0.1) is 0 Å². The normalized spacial score (nSPS) is 20.1. The Balaban J connectivity index is 1.37. The SMILES string of the molecule is O=C(OCC(=O)N(C1CCCCC1)C1CCS(=O)(=O)C1)c1cc(-c2ccco2)nc2ccccc12. The number of nitrogens with zero attached hydrogens (tertiary/aromatic N) is 2. The lowest BCUT2D eigenvalue weighted by Gasteiger charge is -2.38. The van der Waals surface area contributed by atoms with Gasteiger partial charge in [0.05, 0.1) is 28.8 Å². The molecule has 1 saturated heterocycles. The number of benzene rings is 1. The van der Waals surface area contributed by atoms with Gasteiger partial charge in [-0.05, 0) is 43.5 Å². The van der Waals surface area contributed by atoms with Crippen molar-refractivity contribution < 1.29 is 27.2 Å². The van der Waals surface area contributed by atoms with Crippen LogP contribution in [0, 0.1) is 0 Å². The Labute approximate surface area is 204 Å². The van der Waals surface area contributed by atoms with E-state index in [-0.39, 0.29) is 29.5 Å². The molecule has 1 amide bonds. The first-order chi connectivity index (χ1) is 16.9. The standard InChI is InChI=1S/C26H28N2O6S/c29-25(28(18-7-2-1-3-8-18)19-12-14-35(31,32)17-19)16-34-26(30)21-15-23(24-11-6-13-33-24)27-22-10-5-4-9-20(21)22/h4-6,9-11,13,15,18-19H,1-3,7-8,12,14,16-17H2. The summed E-state index contributed by atoms with van der Waals surface area (Å²) in [7, 11) is -3.16. The number of hydrogen-bond donors (Lipinski definition) is 0. The van der Waals surface area contributed by atoms with Gasteiger partial charge < -0.3 is 14.1 Å². The first-order valence-electron chi connectivity index (χ1n) is 12.0. The minimum Gasteiger partial charge on any atom is -0.463 e. The molecule has 9 heteroatoms. The summed E-state index contributed by atoms with van der Waals surface area (Å²) in [4.78, 5) is 32.8. The highest BCUT2D eigenvalue weighted by atomic mass is 32.2. The van der Waals surface area contributed by atoms with Gasteiger partial charge in [-0.25, -0.2) is 18.2 Å². The van der Waals surface area contributed by atoms with E-state index in [1.54, 1.807) is 35.2 Å². The number of carbonyl (C=O) groups excluding carboxylic acids is 2. The van der Waals surface area contributed by atoms with E-state index in [1.165, 1.54) is 6.26 Å². The van der Waals surface area contributed by atoms with Gasteiger partial charge in [0.15, 0.2) is 22.2 Å². The summed E-state index contributed by atoms with van der Waals surface area (Å²) in [5.41, 5.74) is 1.40. The lowest BCUT2D eigenvalue weighted by molar-refractivity contribution is -0.140. The number of sulfone groups is 1. The van der Waals surface area contributed by atoms with Gasteiger partial charge in [0.2, 0.25) is 0 Å². The lowest BCUT2D eigenvalue weighted by Crippen LogP contribution is -2.50. The number of pyridine rings is 1. The van der Waals surface area contributed by atoms with Crippen LogP contribution in [-0.2, 0) is 19.4 Å². The summed E-state index contributed by atoms with van der Waals surface area (Å²) in [6, 6.07) is 12.0. The zero-order valence-corrected chi connectivity index (χ0v) is 20.2. The maximum Gasteiger partial charge on any atom is 0.339 e. The summed E-state index contributed by atoms with van der Waals surface area (Å²) in [5.74, 6) is -0.381. The maximum absolute atomic E-state index is 13.3. The highest BCUT2D eigenvalue weighted by Gasteiger charge is 2.38. The van der Waals surface area contributed by atoms with E-state index in [0.717, 1.165) is 32.1 Å². The minimum atomic E-state index is -3.16. The van der Waals surface area contributed by atoms with Crippen molar-refractivity contribution in [3.8, 4) is 11.5 Å². The van der Waals surface area contributed by atoms with Gasteiger partial charge in [-0.1, -0.05) is 37.5 Å². The third kappa shape index (κ3) is 5.10. The highest BCUT2D eigenvalue weighted by Crippen LogP contribution is 2.29. The molecule has 0 bridgehead atoms. The Morgan fingerprint density at radius 3 is 2.54 bits per heavy atom. The molecule has 0 N–H and O–H groups in total. The zero-order chi connectivity index (χ0) is 24.4. The number of furan rings is 1. The molecule has 2 aromatic heterocycles. The first kappa shape index (κ1) is 23.5. The molecule has 1 aromatic carbocycles. The third-order valence-corrected chi connectivity index (χ3v) is 8.64. The molecular formula is C26H28N2O6S.